The number of carboxylic acids is 1. The summed E-state index contributed by atoms with van der Waals surface area (Å²) in [6.07, 6.45) is 0. The lowest BCUT2D eigenvalue weighted by Gasteiger charge is -2.11. The van der Waals surface area contributed by atoms with Gasteiger partial charge < -0.3 is 20.5 Å². The van der Waals surface area contributed by atoms with Crippen molar-refractivity contribution in [3.05, 3.63) is 24.3 Å². The number of thioether (sulfide) groups is 1. The number of anilines is 1. The van der Waals surface area contributed by atoms with Gasteiger partial charge in [-0.15, -0.1) is 0 Å². The third-order valence-electron chi connectivity index (χ3n) is 2.11. The molecule has 0 unspecified atom stereocenters. The molecule has 9 heteroatoms. The second kappa shape index (κ2) is 9.14. The summed E-state index contributed by atoms with van der Waals surface area (Å²) in [5.74, 6) is -3.68. The number of halogens is 2. The van der Waals surface area contributed by atoms with Gasteiger partial charge >= 0.3 is 12.0 Å². The Bertz CT molecular complexity index is 488. The Morgan fingerprint density at radius 3 is 2.71 bits per heavy atom. The van der Waals surface area contributed by atoms with E-state index in [9.17, 15) is 18.4 Å². The van der Waals surface area contributed by atoms with Gasteiger partial charge in [-0.25, -0.2) is 9.59 Å². The van der Waals surface area contributed by atoms with E-state index in [1.54, 1.807) is 12.1 Å². The van der Waals surface area contributed by atoms with Crippen LogP contribution in [0.4, 0.5) is 19.3 Å². The molecular weight excluding hydrogens is 306 g/mol. The summed E-state index contributed by atoms with van der Waals surface area (Å²) in [4.78, 5) is 22.0. The van der Waals surface area contributed by atoms with Gasteiger partial charge in [0.1, 0.15) is 6.61 Å². The first-order valence-corrected chi connectivity index (χ1v) is 6.75. The van der Waals surface area contributed by atoms with Crippen LogP contribution in [-0.4, -0.2) is 42.6 Å². The molecule has 3 N–H and O–H groups in total. The Labute approximate surface area is 123 Å². The van der Waals surface area contributed by atoms with Gasteiger partial charge in [0.25, 0.3) is 5.76 Å². The van der Waals surface area contributed by atoms with Gasteiger partial charge in [0, 0.05) is 11.4 Å². The topological polar surface area (TPSA) is 87.7 Å². The first kappa shape index (κ1) is 17.2. The van der Waals surface area contributed by atoms with Crippen LogP contribution in [0.2, 0.25) is 0 Å². The lowest BCUT2D eigenvalue weighted by Crippen LogP contribution is -2.32. The quantitative estimate of drug-likeness (QED) is 0.505. The molecule has 1 aromatic carbocycles. The normalized spacial score (nSPS) is 10.4. The molecule has 116 valence electrons. The predicted octanol–water partition coefficient (Wildman–Crippen LogP) is 2.22. The zero-order chi connectivity index (χ0) is 15.7. The Hall–Kier alpha value is -1.87. The summed E-state index contributed by atoms with van der Waals surface area (Å²) in [6, 6.07) is 5.60. The molecule has 1 aromatic rings. The number of para-hydroxylation sites is 1. The van der Waals surface area contributed by atoms with Crippen molar-refractivity contribution in [3.63, 3.8) is 0 Å². The predicted molar refractivity (Wildman–Crippen MR) is 73.8 cm³/mol. The van der Waals surface area contributed by atoms with E-state index < -0.39 is 24.4 Å². The number of ether oxygens (including phenoxy) is 1. The summed E-state index contributed by atoms with van der Waals surface area (Å²) >= 11 is 0.336. The highest BCUT2D eigenvalue weighted by molar-refractivity contribution is 7.99. The zero-order valence-electron chi connectivity index (χ0n) is 10.8. The van der Waals surface area contributed by atoms with Gasteiger partial charge in [-0.05, 0) is 12.1 Å². The third-order valence-corrected chi connectivity index (χ3v) is 2.90. The standard InChI is InChI=1S/C12H14F2N2O4S/c13-11(14)21-9-4-2-1-3-8(9)16-12(19)15-5-6-20-7-10(17)18/h1-4,11H,5-7H2,(H,17,18)(H2,15,16,19). The van der Waals surface area contributed by atoms with Crippen LogP contribution in [0, 0.1) is 0 Å². The molecule has 0 bridgehead atoms. The average molecular weight is 320 g/mol. The van der Waals surface area contributed by atoms with Crippen molar-refractivity contribution >= 4 is 29.4 Å². The minimum absolute atomic E-state index is 0.0349. The molecule has 0 saturated carbocycles. The Balaban J connectivity index is 2.39. The van der Waals surface area contributed by atoms with E-state index in [-0.39, 0.29) is 23.7 Å². The number of carbonyl (C=O) groups excluding carboxylic acids is 1. The fourth-order valence-electron chi connectivity index (χ4n) is 1.33. The highest BCUT2D eigenvalue weighted by atomic mass is 32.2. The molecule has 21 heavy (non-hydrogen) atoms. The number of carbonyl (C=O) groups is 2. The minimum Gasteiger partial charge on any atom is -0.480 e. The number of hydrogen-bond donors (Lipinski definition) is 3. The van der Waals surface area contributed by atoms with E-state index in [0.29, 0.717) is 11.8 Å². The van der Waals surface area contributed by atoms with Crippen molar-refractivity contribution in [1.82, 2.24) is 5.32 Å². The smallest absolute Gasteiger partial charge is 0.329 e. The molecule has 0 spiro atoms. The van der Waals surface area contributed by atoms with E-state index in [1.807, 2.05) is 0 Å². The Kier molecular flexibility index (Phi) is 7.48. The number of nitrogens with one attached hydrogen (secondary N) is 2. The number of benzene rings is 1. The van der Waals surface area contributed by atoms with Crippen molar-refractivity contribution < 1.29 is 28.2 Å². The number of alkyl halides is 2. The number of rotatable bonds is 8. The lowest BCUT2D eigenvalue weighted by molar-refractivity contribution is -0.142. The Morgan fingerprint density at radius 2 is 2.05 bits per heavy atom. The van der Waals surface area contributed by atoms with Crippen LogP contribution in [0.15, 0.2) is 29.2 Å². The maximum absolute atomic E-state index is 12.4. The summed E-state index contributed by atoms with van der Waals surface area (Å²) in [5.41, 5.74) is 0.270. The molecule has 0 fully saturated rings. The molecule has 0 radical (unpaired) electrons. The summed E-state index contributed by atoms with van der Waals surface area (Å²) in [7, 11) is 0. The number of amides is 2. The maximum Gasteiger partial charge on any atom is 0.329 e. The van der Waals surface area contributed by atoms with E-state index in [2.05, 4.69) is 10.6 Å². The maximum atomic E-state index is 12.4. The molecule has 0 aromatic heterocycles. The largest absolute Gasteiger partial charge is 0.480 e. The van der Waals surface area contributed by atoms with Gasteiger partial charge in [0.15, 0.2) is 0 Å². The van der Waals surface area contributed by atoms with Crippen molar-refractivity contribution in [2.45, 2.75) is 10.7 Å². The van der Waals surface area contributed by atoms with E-state index in [1.165, 1.54) is 12.1 Å². The van der Waals surface area contributed by atoms with Crippen LogP contribution >= 0.6 is 11.8 Å². The molecule has 6 nitrogen and oxygen atoms in total. The SMILES string of the molecule is O=C(O)COCCNC(=O)Nc1ccccc1SC(F)F. The fraction of sp³-hybridized carbons (Fsp3) is 0.333. The summed E-state index contributed by atoms with van der Waals surface area (Å²) in [5, 5.41) is 13.2. The monoisotopic (exact) mass is 320 g/mol. The van der Waals surface area contributed by atoms with E-state index >= 15 is 0 Å². The Morgan fingerprint density at radius 1 is 1.33 bits per heavy atom. The number of urea groups is 1. The van der Waals surface area contributed by atoms with Crippen LogP contribution in [0.25, 0.3) is 0 Å². The first-order chi connectivity index (χ1) is 9.99. The van der Waals surface area contributed by atoms with Crippen LogP contribution in [-0.2, 0) is 9.53 Å². The van der Waals surface area contributed by atoms with Crippen molar-refractivity contribution in [3.8, 4) is 0 Å². The molecule has 1 rings (SSSR count). The number of hydrogen-bond acceptors (Lipinski definition) is 4. The molecular formula is C12H14F2N2O4S. The highest BCUT2D eigenvalue weighted by Crippen LogP contribution is 2.31. The second-order valence-electron chi connectivity index (χ2n) is 3.70. The molecule has 2 amide bonds. The van der Waals surface area contributed by atoms with Gasteiger partial charge in [-0.1, -0.05) is 23.9 Å². The van der Waals surface area contributed by atoms with Gasteiger partial charge in [-0.3, -0.25) is 0 Å². The van der Waals surface area contributed by atoms with Crippen LogP contribution in [0.3, 0.4) is 0 Å². The number of carboxylic acid groups (broad SMARTS) is 1. The van der Waals surface area contributed by atoms with Crippen molar-refractivity contribution in [2.75, 3.05) is 25.1 Å². The zero-order valence-corrected chi connectivity index (χ0v) is 11.7. The van der Waals surface area contributed by atoms with Gasteiger partial charge in [-0.2, -0.15) is 8.78 Å². The second-order valence-corrected chi connectivity index (χ2v) is 4.73. The van der Waals surface area contributed by atoms with Crippen LogP contribution in [0.1, 0.15) is 0 Å². The third kappa shape index (κ3) is 7.47. The lowest BCUT2D eigenvalue weighted by atomic mass is 10.3. The molecule has 0 aliphatic carbocycles. The molecule has 0 heterocycles. The minimum atomic E-state index is -2.58. The van der Waals surface area contributed by atoms with E-state index in [4.69, 9.17) is 9.84 Å². The molecule has 0 aliphatic rings. The van der Waals surface area contributed by atoms with Crippen LogP contribution in [0.5, 0.6) is 0 Å². The molecule has 0 atom stereocenters. The summed E-state index contributed by atoms with van der Waals surface area (Å²) < 4.78 is 29.4. The summed E-state index contributed by atoms with van der Waals surface area (Å²) in [6.45, 7) is -0.312. The first-order valence-electron chi connectivity index (χ1n) is 5.87. The van der Waals surface area contributed by atoms with Gasteiger partial charge in [0.05, 0.1) is 12.3 Å². The van der Waals surface area contributed by atoms with E-state index in [0.717, 1.165) is 0 Å². The van der Waals surface area contributed by atoms with Crippen molar-refractivity contribution in [1.29, 1.82) is 0 Å². The van der Waals surface area contributed by atoms with Gasteiger partial charge in [0.2, 0.25) is 0 Å². The van der Waals surface area contributed by atoms with Crippen LogP contribution < -0.4 is 10.6 Å². The highest BCUT2D eigenvalue weighted by Gasteiger charge is 2.11. The fourth-order valence-corrected chi connectivity index (χ4v) is 1.93. The van der Waals surface area contributed by atoms with Crippen molar-refractivity contribution in [2.24, 2.45) is 0 Å². The average Bonchev–Trinajstić information content (AvgIpc) is 2.39. The molecule has 0 saturated heterocycles. The number of aliphatic carboxylic acids is 1. The molecule has 0 aliphatic heterocycles.